The number of nitrogens with zero attached hydrogens (tertiary/aromatic N) is 2. The number of aromatic nitrogens is 2. The number of hydrogen-bond donors (Lipinski definition) is 1. The average Bonchev–Trinajstić information content (AvgIpc) is 2.38. The van der Waals surface area contributed by atoms with Gasteiger partial charge in [-0.05, 0) is 12.0 Å². The van der Waals surface area contributed by atoms with Gasteiger partial charge in [0, 0.05) is 25.0 Å². The molecule has 2 rings (SSSR count). The van der Waals surface area contributed by atoms with E-state index in [4.69, 9.17) is 0 Å². The highest BCUT2D eigenvalue weighted by atomic mass is 15.0. The first-order valence-corrected chi connectivity index (χ1v) is 5.43. The first kappa shape index (κ1) is 10.6. The number of nitrogens with one attached hydrogen (secondary N) is 1. The van der Waals surface area contributed by atoms with E-state index in [0.29, 0.717) is 0 Å². The smallest absolute Gasteiger partial charge is 0.152 e. The number of hydrogen-bond acceptors (Lipinski definition) is 3. The summed E-state index contributed by atoms with van der Waals surface area (Å²) in [7, 11) is 1.86. The molecule has 0 aliphatic rings. The van der Waals surface area contributed by atoms with Gasteiger partial charge in [-0.25, -0.2) is 4.98 Å². The van der Waals surface area contributed by atoms with Crippen LogP contribution in [-0.2, 0) is 6.42 Å². The molecule has 0 aliphatic carbocycles. The molecule has 0 bridgehead atoms. The van der Waals surface area contributed by atoms with Gasteiger partial charge >= 0.3 is 0 Å². The molecule has 0 amide bonds. The minimum Gasteiger partial charge on any atom is -0.371 e. The van der Waals surface area contributed by atoms with Gasteiger partial charge in [-0.3, -0.25) is 4.98 Å². The van der Waals surface area contributed by atoms with Crippen molar-refractivity contribution in [3.05, 3.63) is 42.2 Å². The average molecular weight is 213 g/mol. The summed E-state index contributed by atoms with van der Waals surface area (Å²) in [4.78, 5) is 8.68. The molecule has 3 heteroatoms. The standard InChI is InChI=1S/C13H15N3/c1-3-10-6-4-5-7-11(10)12-13(14-2)16-9-8-15-12/h4-9H,3H2,1-2H3,(H,14,16). The molecule has 0 unspecified atom stereocenters. The summed E-state index contributed by atoms with van der Waals surface area (Å²) in [5, 5.41) is 3.07. The largest absolute Gasteiger partial charge is 0.371 e. The summed E-state index contributed by atoms with van der Waals surface area (Å²) >= 11 is 0. The lowest BCUT2D eigenvalue weighted by Crippen LogP contribution is -1.99. The molecule has 0 saturated carbocycles. The van der Waals surface area contributed by atoms with Crippen LogP contribution in [0.1, 0.15) is 12.5 Å². The van der Waals surface area contributed by atoms with E-state index in [2.05, 4.69) is 40.4 Å². The minimum absolute atomic E-state index is 0.823. The van der Waals surface area contributed by atoms with Crippen molar-refractivity contribution in [3.63, 3.8) is 0 Å². The van der Waals surface area contributed by atoms with Crippen molar-refractivity contribution < 1.29 is 0 Å². The zero-order chi connectivity index (χ0) is 11.4. The fourth-order valence-corrected chi connectivity index (χ4v) is 1.78. The lowest BCUT2D eigenvalue weighted by molar-refractivity contribution is 1.12. The van der Waals surface area contributed by atoms with Crippen molar-refractivity contribution in [3.8, 4) is 11.3 Å². The van der Waals surface area contributed by atoms with Crippen LogP contribution in [0.4, 0.5) is 5.82 Å². The van der Waals surface area contributed by atoms with E-state index >= 15 is 0 Å². The first-order valence-electron chi connectivity index (χ1n) is 5.43. The third kappa shape index (κ3) is 1.89. The predicted octanol–water partition coefficient (Wildman–Crippen LogP) is 2.75. The third-order valence-electron chi connectivity index (χ3n) is 2.59. The molecule has 0 saturated heterocycles. The number of aryl methyl sites for hydroxylation is 1. The van der Waals surface area contributed by atoms with Gasteiger partial charge in [-0.2, -0.15) is 0 Å². The Morgan fingerprint density at radius 1 is 1.12 bits per heavy atom. The van der Waals surface area contributed by atoms with Crippen LogP contribution in [0, 0.1) is 0 Å². The second-order valence-corrected chi connectivity index (χ2v) is 3.51. The molecule has 1 aromatic heterocycles. The van der Waals surface area contributed by atoms with E-state index in [9.17, 15) is 0 Å². The molecule has 0 atom stereocenters. The molecule has 1 aromatic carbocycles. The molecule has 3 nitrogen and oxygen atoms in total. The Labute approximate surface area is 95.6 Å². The zero-order valence-corrected chi connectivity index (χ0v) is 9.57. The fraction of sp³-hybridized carbons (Fsp3) is 0.231. The molecule has 16 heavy (non-hydrogen) atoms. The van der Waals surface area contributed by atoms with Gasteiger partial charge in [0.25, 0.3) is 0 Å². The van der Waals surface area contributed by atoms with E-state index < -0.39 is 0 Å². The molecule has 0 radical (unpaired) electrons. The maximum Gasteiger partial charge on any atom is 0.152 e. The number of rotatable bonds is 3. The maximum absolute atomic E-state index is 4.40. The second kappa shape index (κ2) is 4.75. The normalized spacial score (nSPS) is 10.1. The lowest BCUT2D eigenvalue weighted by atomic mass is 10.0. The quantitative estimate of drug-likeness (QED) is 0.851. The fourth-order valence-electron chi connectivity index (χ4n) is 1.78. The van der Waals surface area contributed by atoms with Crippen molar-refractivity contribution in [1.82, 2.24) is 9.97 Å². The van der Waals surface area contributed by atoms with Crippen molar-refractivity contribution in [1.29, 1.82) is 0 Å². The molecule has 1 N–H and O–H groups in total. The molecular weight excluding hydrogens is 198 g/mol. The van der Waals surface area contributed by atoms with Gasteiger partial charge in [0.05, 0.1) is 0 Å². The second-order valence-electron chi connectivity index (χ2n) is 3.51. The van der Waals surface area contributed by atoms with Gasteiger partial charge in [0.15, 0.2) is 5.82 Å². The van der Waals surface area contributed by atoms with Crippen molar-refractivity contribution >= 4 is 5.82 Å². The topological polar surface area (TPSA) is 37.8 Å². The van der Waals surface area contributed by atoms with E-state index in [1.54, 1.807) is 12.4 Å². The van der Waals surface area contributed by atoms with Crippen molar-refractivity contribution in [2.75, 3.05) is 12.4 Å². The van der Waals surface area contributed by atoms with E-state index in [0.717, 1.165) is 23.5 Å². The summed E-state index contributed by atoms with van der Waals surface area (Å²) in [5.41, 5.74) is 3.37. The van der Waals surface area contributed by atoms with E-state index in [1.807, 2.05) is 13.1 Å². The van der Waals surface area contributed by atoms with Crippen LogP contribution in [0.15, 0.2) is 36.7 Å². The molecule has 0 fully saturated rings. The molecule has 0 spiro atoms. The number of benzene rings is 1. The molecule has 82 valence electrons. The monoisotopic (exact) mass is 213 g/mol. The lowest BCUT2D eigenvalue weighted by Gasteiger charge is -2.10. The van der Waals surface area contributed by atoms with Gasteiger partial charge in [-0.15, -0.1) is 0 Å². The first-order chi connectivity index (χ1) is 7.86. The van der Waals surface area contributed by atoms with Gasteiger partial charge < -0.3 is 5.32 Å². The van der Waals surface area contributed by atoms with E-state index in [-0.39, 0.29) is 0 Å². The Morgan fingerprint density at radius 3 is 2.62 bits per heavy atom. The third-order valence-corrected chi connectivity index (χ3v) is 2.59. The Bertz CT molecular complexity index is 435. The molecule has 1 heterocycles. The molecule has 2 aromatic rings. The summed E-state index contributed by atoms with van der Waals surface area (Å²) in [6.45, 7) is 2.15. The summed E-state index contributed by atoms with van der Waals surface area (Å²) in [6.07, 6.45) is 4.42. The van der Waals surface area contributed by atoms with E-state index in [1.165, 1.54) is 5.56 Å². The highest BCUT2D eigenvalue weighted by Gasteiger charge is 2.09. The van der Waals surface area contributed by atoms with Crippen LogP contribution < -0.4 is 5.32 Å². The molecule has 0 aliphatic heterocycles. The van der Waals surface area contributed by atoms with Crippen LogP contribution in [-0.4, -0.2) is 17.0 Å². The van der Waals surface area contributed by atoms with Crippen LogP contribution in [0.25, 0.3) is 11.3 Å². The Morgan fingerprint density at radius 2 is 1.88 bits per heavy atom. The van der Waals surface area contributed by atoms with Crippen molar-refractivity contribution in [2.24, 2.45) is 0 Å². The zero-order valence-electron chi connectivity index (χ0n) is 9.57. The summed E-state index contributed by atoms with van der Waals surface area (Å²) in [6, 6.07) is 8.30. The van der Waals surface area contributed by atoms with Crippen LogP contribution >= 0.6 is 0 Å². The molecular formula is C13H15N3. The van der Waals surface area contributed by atoms with Crippen LogP contribution in [0.3, 0.4) is 0 Å². The Balaban J connectivity index is 2.58. The highest BCUT2D eigenvalue weighted by Crippen LogP contribution is 2.26. The number of anilines is 1. The van der Waals surface area contributed by atoms with Gasteiger partial charge in [-0.1, -0.05) is 31.2 Å². The van der Waals surface area contributed by atoms with Crippen molar-refractivity contribution in [2.45, 2.75) is 13.3 Å². The maximum atomic E-state index is 4.40. The van der Waals surface area contributed by atoms with Gasteiger partial charge in [0.1, 0.15) is 5.69 Å². The summed E-state index contributed by atoms with van der Waals surface area (Å²) < 4.78 is 0. The SMILES string of the molecule is CCc1ccccc1-c1nccnc1NC. The predicted molar refractivity (Wildman–Crippen MR) is 66.4 cm³/mol. The van der Waals surface area contributed by atoms with Crippen LogP contribution in [0.2, 0.25) is 0 Å². The Hall–Kier alpha value is -1.90. The van der Waals surface area contributed by atoms with Crippen LogP contribution in [0.5, 0.6) is 0 Å². The highest BCUT2D eigenvalue weighted by molar-refractivity contribution is 5.73. The summed E-state index contributed by atoms with van der Waals surface area (Å²) in [5.74, 6) is 0.823. The minimum atomic E-state index is 0.823. The van der Waals surface area contributed by atoms with Gasteiger partial charge in [0.2, 0.25) is 0 Å². The Kier molecular flexibility index (Phi) is 3.15.